The lowest BCUT2D eigenvalue weighted by atomic mass is 9.90. The molecule has 1 nitrogen and oxygen atoms in total. The summed E-state index contributed by atoms with van der Waals surface area (Å²) in [5.74, 6) is -1.32. The van der Waals surface area contributed by atoms with Crippen LogP contribution in [0.3, 0.4) is 0 Å². The van der Waals surface area contributed by atoms with Crippen molar-refractivity contribution in [3.8, 4) is 0 Å². The number of alkyl halides is 3. The normalized spacial score (nSPS) is 12.2. The lowest BCUT2D eigenvalue weighted by Crippen LogP contribution is -2.16. The fourth-order valence-electron chi connectivity index (χ4n) is 1.88. The van der Waals surface area contributed by atoms with E-state index in [1.54, 1.807) is 13.8 Å². The minimum absolute atomic E-state index is 0.0363. The lowest BCUT2D eigenvalue weighted by Gasteiger charge is -2.20. The van der Waals surface area contributed by atoms with E-state index in [1.165, 1.54) is 6.92 Å². The van der Waals surface area contributed by atoms with Gasteiger partial charge in [-0.1, -0.05) is 20.8 Å². The number of halogens is 4. The maximum absolute atomic E-state index is 13.6. The number of rotatable bonds is 2. The fourth-order valence-corrected chi connectivity index (χ4v) is 1.88. The van der Waals surface area contributed by atoms with Crippen LogP contribution in [0.2, 0.25) is 0 Å². The molecular weight excluding hydrogens is 234 g/mol. The fraction of sp³-hybridized carbons (Fsp3) is 0.500. The van der Waals surface area contributed by atoms with Crippen LogP contribution >= 0.6 is 0 Å². The van der Waals surface area contributed by atoms with Crippen molar-refractivity contribution < 1.29 is 17.6 Å². The summed E-state index contributed by atoms with van der Waals surface area (Å²) in [7, 11) is 0. The second kappa shape index (κ2) is 4.55. The molecule has 0 unspecified atom stereocenters. The van der Waals surface area contributed by atoms with Gasteiger partial charge in [-0.05, 0) is 24.0 Å². The Bertz CT molecular complexity index is 421. The standard InChI is InChI=1S/C12H15F4N/c1-4-7-10(12(14,15)16)8(6(2)3)5-9(17)11(7)13/h5-6H,4,17H2,1-3H3. The molecule has 0 radical (unpaired) electrons. The third-order valence-electron chi connectivity index (χ3n) is 2.68. The molecule has 1 rings (SSSR count). The molecule has 0 bridgehead atoms. The van der Waals surface area contributed by atoms with E-state index in [0.29, 0.717) is 0 Å². The smallest absolute Gasteiger partial charge is 0.396 e. The van der Waals surface area contributed by atoms with Crippen molar-refractivity contribution in [2.24, 2.45) is 0 Å². The monoisotopic (exact) mass is 249 g/mol. The minimum Gasteiger partial charge on any atom is -0.396 e. The molecule has 0 saturated heterocycles. The van der Waals surface area contributed by atoms with Crippen molar-refractivity contribution in [3.05, 3.63) is 28.6 Å². The topological polar surface area (TPSA) is 26.0 Å². The number of hydrogen-bond donors (Lipinski definition) is 1. The first-order chi connectivity index (χ1) is 7.70. The van der Waals surface area contributed by atoms with E-state index >= 15 is 0 Å². The van der Waals surface area contributed by atoms with Crippen molar-refractivity contribution in [2.45, 2.75) is 39.3 Å². The van der Waals surface area contributed by atoms with Crippen LogP contribution in [-0.2, 0) is 12.6 Å². The quantitative estimate of drug-likeness (QED) is 0.619. The van der Waals surface area contributed by atoms with Crippen LogP contribution in [0.5, 0.6) is 0 Å². The van der Waals surface area contributed by atoms with E-state index < -0.39 is 17.6 Å². The van der Waals surface area contributed by atoms with Crippen LogP contribution in [0, 0.1) is 5.82 Å². The molecule has 0 aliphatic carbocycles. The molecule has 0 aliphatic rings. The highest BCUT2D eigenvalue weighted by Gasteiger charge is 2.38. The van der Waals surface area contributed by atoms with Gasteiger partial charge < -0.3 is 5.73 Å². The van der Waals surface area contributed by atoms with Gasteiger partial charge in [0.2, 0.25) is 0 Å². The van der Waals surface area contributed by atoms with Crippen molar-refractivity contribution in [1.29, 1.82) is 0 Å². The van der Waals surface area contributed by atoms with Gasteiger partial charge in [0.15, 0.2) is 0 Å². The Labute approximate surface area is 97.6 Å². The van der Waals surface area contributed by atoms with Crippen LogP contribution in [0.1, 0.15) is 43.4 Å². The highest BCUT2D eigenvalue weighted by molar-refractivity contribution is 5.53. The zero-order valence-corrected chi connectivity index (χ0v) is 9.95. The summed E-state index contributed by atoms with van der Waals surface area (Å²) in [5, 5.41) is 0. The van der Waals surface area contributed by atoms with Crippen molar-refractivity contribution >= 4 is 5.69 Å². The molecule has 0 heterocycles. The SMILES string of the molecule is CCc1c(F)c(N)cc(C(C)C)c1C(F)(F)F. The first-order valence-electron chi connectivity index (χ1n) is 5.38. The first-order valence-corrected chi connectivity index (χ1v) is 5.38. The number of benzene rings is 1. The molecule has 0 atom stereocenters. The predicted molar refractivity (Wildman–Crippen MR) is 59.3 cm³/mol. The average molecular weight is 249 g/mol. The molecule has 2 N–H and O–H groups in total. The minimum atomic E-state index is -4.56. The van der Waals surface area contributed by atoms with Gasteiger partial charge in [-0.3, -0.25) is 0 Å². The Morgan fingerprint density at radius 3 is 2.18 bits per heavy atom. The summed E-state index contributed by atoms with van der Waals surface area (Å²) < 4.78 is 52.5. The van der Waals surface area contributed by atoms with Crippen LogP contribution < -0.4 is 5.73 Å². The zero-order chi connectivity index (χ0) is 13.4. The van der Waals surface area contributed by atoms with Gasteiger partial charge in [-0.15, -0.1) is 0 Å². The summed E-state index contributed by atoms with van der Waals surface area (Å²) in [6, 6.07) is 1.09. The van der Waals surface area contributed by atoms with Crippen LogP contribution in [0.15, 0.2) is 6.07 Å². The highest BCUT2D eigenvalue weighted by Crippen LogP contribution is 2.40. The number of hydrogen-bond acceptors (Lipinski definition) is 1. The molecule has 96 valence electrons. The van der Waals surface area contributed by atoms with Crippen LogP contribution in [0.25, 0.3) is 0 Å². The summed E-state index contributed by atoms with van der Waals surface area (Å²) in [6.07, 6.45) is -4.59. The van der Waals surface area contributed by atoms with Gasteiger partial charge in [0.1, 0.15) is 5.82 Å². The Balaban J connectivity index is 3.67. The molecule has 5 heteroatoms. The second-order valence-corrected chi connectivity index (χ2v) is 4.23. The molecule has 0 aromatic heterocycles. The predicted octanol–water partition coefficient (Wildman–Crippen LogP) is 4.11. The Morgan fingerprint density at radius 2 is 1.82 bits per heavy atom. The number of anilines is 1. The molecule has 0 spiro atoms. The second-order valence-electron chi connectivity index (χ2n) is 4.23. The largest absolute Gasteiger partial charge is 0.417 e. The molecule has 0 saturated carbocycles. The molecular formula is C12H15F4N. The van der Waals surface area contributed by atoms with E-state index in [9.17, 15) is 17.6 Å². The van der Waals surface area contributed by atoms with Crippen LogP contribution in [0.4, 0.5) is 23.2 Å². The molecule has 17 heavy (non-hydrogen) atoms. The number of nitrogens with two attached hydrogens (primary N) is 1. The van der Waals surface area contributed by atoms with Gasteiger partial charge >= 0.3 is 6.18 Å². The van der Waals surface area contributed by atoms with E-state index in [4.69, 9.17) is 5.73 Å². The van der Waals surface area contributed by atoms with E-state index in [1.807, 2.05) is 0 Å². The van der Waals surface area contributed by atoms with Crippen molar-refractivity contribution in [1.82, 2.24) is 0 Å². The van der Waals surface area contributed by atoms with Crippen LogP contribution in [-0.4, -0.2) is 0 Å². The maximum Gasteiger partial charge on any atom is 0.417 e. The van der Waals surface area contributed by atoms with Crippen molar-refractivity contribution in [2.75, 3.05) is 5.73 Å². The first kappa shape index (κ1) is 13.8. The summed E-state index contributed by atoms with van der Waals surface area (Å²) in [5.41, 5.74) is 4.01. The third kappa shape index (κ3) is 2.53. The highest BCUT2D eigenvalue weighted by atomic mass is 19.4. The zero-order valence-electron chi connectivity index (χ0n) is 9.95. The molecule has 1 aromatic rings. The van der Waals surface area contributed by atoms with E-state index in [0.717, 1.165) is 6.07 Å². The average Bonchev–Trinajstić information content (AvgIpc) is 2.19. The molecule has 0 amide bonds. The van der Waals surface area contributed by atoms with Crippen molar-refractivity contribution in [3.63, 3.8) is 0 Å². The Morgan fingerprint density at radius 1 is 1.29 bits per heavy atom. The molecule has 0 aliphatic heterocycles. The molecule has 0 fully saturated rings. The summed E-state index contributed by atoms with van der Waals surface area (Å²) >= 11 is 0. The van der Waals surface area contributed by atoms with E-state index in [2.05, 4.69) is 0 Å². The lowest BCUT2D eigenvalue weighted by molar-refractivity contribution is -0.139. The summed E-state index contributed by atoms with van der Waals surface area (Å²) in [4.78, 5) is 0. The maximum atomic E-state index is 13.6. The molecule has 1 aromatic carbocycles. The number of nitrogen functional groups attached to an aromatic ring is 1. The van der Waals surface area contributed by atoms with Gasteiger partial charge in [0.05, 0.1) is 11.3 Å². The van der Waals surface area contributed by atoms with Gasteiger partial charge in [-0.25, -0.2) is 4.39 Å². The van der Waals surface area contributed by atoms with Gasteiger partial charge in [0.25, 0.3) is 0 Å². The van der Waals surface area contributed by atoms with Gasteiger partial charge in [-0.2, -0.15) is 13.2 Å². The van der Waals surface area contributed by atoms with Gasteiger partial charge in [0, 0.05) is 5.56 Å². The third-order valence-corrected chi connectivity index (χ3v) is 2.68. The Hall–Kier alpha value is -1.26. The van der Waals surface area contributed by atoms with E-state index in [-0.39, 0.29) is 29.2 Å². The Kier molecular flexibility index (Phi) is 3.69. The summed E-state index contributed by atoms with van der Waals surface area (Å²) in [6.45, 7) is 4.74.